The minimum atomic E-state index is -4.59. The molecule has 2 aromatic rings. The zero-order valence-corrected chi connectivity index (χ0v) is 11.4. The lowest BCUT2D eigenvalue weighted by Gasteiger charge is -2.18. The lowest BCUT2D eigenvalue weighted by Crippen LogP contribution is -2.26. The van der Waals surface area contributed by atoms with Crippen molar-refractivity contribution in [3.8, 4) is 0 Å². The van der Waals surface area contributed by atoms with Gasteiger partial charge in [-0.25, -0.2) is 0 Å². The Bertz CT molecular complexity index is 773. The lowest BCUT2D eigenvalue weighted by molar-refractivity contribution is -0.137. The molecule has 21 heavy (non-hydrogen) atoms. The highest BCUT2D eigenvalue weighted by molar-refractivity contribution is 5.85. The molecule has 0 unspecified atom stereocenters. The number of hydrogen-bond donors (Lipinski definition) is 1. The van der Waals surface area contributed by atoms with Crippen LogP contribution in [-0.2, 0) is 19.8 Å². The van der Waals surface area contributed by atoms with Crippen molar-refractivity contribution >= 4 is 10.9 Å². The minimum absolute atomic E-state index is 0.0157. The third-order valence-corrected chi connectivity index (χ3v) is 3.95. The molecule has 0 spiro atoms. The third kappa shape index (κ3) is 2.23. The van der Waals surface area contributed by atoms with Gasteiger partial charge >= 0.3 is 6.18 Å². The van der Waals surface area contributed by atoms with Crippen LogP contribution in [0.4, 0.5) is 13.2 Å². The zero-order valence-electron chi connectivity index (χ0n) is 11.4. The molecular weight excluding hydrogens is 283 g/mol. The average Bonchev–Trinajstić information content (AvgIpc) is 3.24. The predicted molar refractivity (Wildman–Crippen MR) is 72.1 cm³/mol. The van der Waals surface area contributed by atoms with Gasteiger partial charge in [-0.15, -0.1) is 0 Å². The normalized spacial score (nSPS) is 15.7. The van der Waals surface area contributed by atoms with Gasteiger partial charge in [-0.1, -0.05) is 6.07 Å². The van der Waals surface area contributed by atoms with Crippen molar-refractivity contribution < 1.29 is 18.3 Å². The van der Waals surface area contributed by atoms with E-state index in [4.69, 9.17) is 5.11 Å². The molecule has 1 aromatic heterocycles. The van der Waals surface area contributed by atoms with Crippen LogP contribution in [0.15, 0.2) is 23.0 Å². The number of aromatic nitrogens is 1. The molecule has 0 saturated heterocycles. The molecule has 1 aromatic carbocycles. The molecule has 0 bridgehead atoms. The van der Waals surface area contributed by atoms with Crippen molar-refractivity contribution in [3.63, 3.8) is 0 Å². The number of aliphatic hydroxyl groups is 1. The van der Waals surface area contributed by atoms with Crippen LogP contribution in [0.25, 0.3) is 10.9 Å². The first-order valence-electron chi connectivity index (χ1n) is 6.68. The second kappa shape index (κ2) is 4.59. The number of nitrogens with zero attached hydrogens (tertiary/aromatic N) is 1. The van der Waals surface area contributed by atoms with Crippen molar-refractivity contribution in [3.05, 3.63) is 45.2 Å². The standard InChI is InChI=1S/C15H14F3NO2/c1-19-11-5-2-8(7-20)6-10(11)13(15(16,17)18)12(14(19)21)9-3-4-9/h2,5-6,9,20H,3-4,7H2,1H3. The van der Waals surface area contributed by atoms with Gasteiger partial charge in [0.2, 0.25) is 0 Å². The molecule has 1 saturated carbocycles. The van der Waals surface area contributed by atoms with Gasteiger partial charge in [0.15, 0.2) is 0 Å². The van der Waals surface area contributed by atoms with Crippen LogP contribution in [0.3, 0.4) is 0 Å². The Morgan fingerprint density at radius 2 is 2.00 bits per heavy atom. The van der Waals surface area contributed by atoms with E-state index in [-0.39, 0.29) is 29.0 Å². The minimum Gasteiger partial charge on any atom is -0.392 e. The van der Waals surface area contributed by atoms with Gasteiger partial charge in [-0.2, -0.15) is 13.2 Å². The summed E-state index contributed by atoms with van der Waals surface area (Å²) in [5.74, 6) is -0.303. The summed E-state index contributed by atoms with van der Waals surface area (Å²) >= 11 is 0. The number of halogens is 3. The number of fused-ring (bicyclic) bond motifs is 1. The van der Waals surface area contributed by atoms with E-state index in [1.54, 1.807) is 0 Å². The molecule has 1 aliphatic rings. The number of aliphatic hydroxyl groups excluding tert-OH is 1. The number of aryl methyl sites for hydroxylation is 1. The van der Waals surface area contributed by atoms with E-state index >= 15 is 0 Å². The summed E-state index contributed by atoms with van der Waals surface area (Å²) in [5, 5.41) is 9.14. The number of rotatable bonds is 2. The molecule has 0 aliphatic heterocycles. The second-order valence-electron chi connectivity index (χ2n) is 5.43. The van der Waals surface area contributed by atoms with Crippen LogP contribution < -0.4 is 5.56 Å². The van der Waals surface area contributed by atoms with E-state index in [0.29, 0.717) is 18.4 Å². The van der Waals surface area contributed by atoms with Crippen LogP contribution in [0.2, 0.25) is 0 Å². The van der Waals surface area contributed by atoms with Crippen molar-refractivity contribution in [2.75, 3.05) is 0 Å². The fraction of sp³-hybridized carbons (Fsp3) is 0.400. The van der Waals surface area contributed by atoms with Crippen molar-refractivity contribution in [2.45, 2.75) is 31.5 Å². The molecule has 1 fully saturated rings. The Hall–Kier alpha value is -1.82. The van der Waals surface area contributed by atoms with Gasteiger partial charge in [0, 0.05) is 18.0 Å². The number of hydrogen-bond acceptors (Lipinski definition) is 2. The van der Waals surface area contributed by atoms with Gasteiger partial charge in [0.05, 0.1) is 17.7 Å². The van der Waals surface area contributed by atoms with E-state index in [0.717, 1.165) is 0 Å². The molecule has 0 atom stereocenters. The maximum Gasteiger partial charge on any atom is 0.417 e. The summed E-state index contributed by atoms with van der Waals surface area (Å²) in [7, 11) is 1.48. The number of benzene rings is 1. The summed E-state index contributed by atoms with van der Waals surface area (Å²) in [6, 6.07) is 4.30. The highest BCUT2D eigenvalue weighted by atomic mass is 19.4. The SMILES string of the molecule is Cn1c(=O)c(C2CC2)c(C(F)(F)F)c2cc(CO)ccc21. The summed E-state index contributed by atoms with van der Waals surface area (Å²) in [4.78, 5) is 12.3. The smallest absolute Gasteiger partial charge is 0.392 e. The lowest BCUT2D eigenvalue weighted by atomic mass is 9.98. The largest absolute Gasteiger partial charge is 0.417 e. The quantitative estimate of drug-likeness (QED) is 0.926. The van der Waals surface area contributed by atoms with Crippen LogP contribution in [0, 0.1) is 0 Å². The van der Waals surface area contributed by atoms with Crippen LogP contribution in [-0.4, -0.2) is 9.67 Å². The number of pyridine rings is 1. The van der Waals surface area contributed by atoms with Gasteiger partial charge in [0.1, 0.15) is 0 Å². The Balaban J connectivity index is 2.49. The van der Waals surface area contributed by atoms with Crippen molar-refractivity contribution in [2.24, 2.45) is 7.05 Å². The summed E-state index contributed by atoms with van der Waals surface area (Å²) in [6.45, 7) is -0.338. The zero-order chi connectivity index (χ0) is 15.4. The van der Waals surface area contributed by atoms with E-state index < -0.39 is 17.3 Å². The van der Waals surface area contributed by atoms with E-state index in [9.17, 15) is 18.0 Å². The topological polar surface area (TPSA) is 42.2 Å². The Kier molecular flexibility index (Phi) is 3.09. The number of alkyl halides is 3. The maximum absolute atomic E-state index is 13.5. The molecular formula is C15H14F3NO2. The monoisotopic (exact) mass is 297 g/mol. The predicted octanol–water partition coefficient (Wildman–Crippen LogP) is 2.93. The Morgan fingerprint density at radius 3 is 2.52 bits per heavy atom. The molecule has 0 radical (unpaired) electrons. The Morgan fingerprint density at radius 1 is 1.33 bits per heavy atom. The Labute approximate surface area is 118 Å². The molecule has 6 heteroatoms. The third-order valence-electron chi connectivity index (χ3n) is 3.95. The van der Waals surface area contributed by atoms with E-state index in [1.807, 2.05) is 0 Å². The average molecular weight is 297 g/mol. The molecule has 1 aliphatic carbocycles. The summed E-state index contributed by atoms with van der Waals surface area (Å²) in [6.07, 6.45) is -3.36. The van der Waals surface area contributed by atoms with Gasteiger partial charge in [0.25, 0.3) is 5.56 Å². The van der Waals surface area contributed by atoms with Gasteiger partial charge in [-0.3, -0.25) is 4.79 Å². The van der Waals surface area contributed by atoms with Gasteiger partial charge < -0.3 is 9.67 Å². The molecule has 1 heterocycles. The van der Waals surface area contributed by atoms with E-state index in [2.05, 4.69) is 0 Å². The fourth-order valence-electron chi connectivity index (χ4n) is 2.77. The van der Waals surface area contributed by atoms with Crippen LogP contribution in [0.5, 0.6) is 0 Å². The summed E-state index contributed by atoms with van der Waals surface area (Å²) in [5.41, 5.74) is -0.914. The maximum atomic E-state index is 13.5. The molecule has 3 nitrogen and oxygen atoms in total. The molecule has 0 amide bonds. The highest BCUT2D eigenvalue weighted by Gasteiger charge is 2.42. The molecule has 3 rings (SSSR count). The molecule has 112 valence electrons. The fourth-order valence-corrected chi connectivity index (χ4v) is 2.77. The van der Waals surface area contributed by atoms with Crippen molar-refractivity contribution in [1.29, 1.82) is 0 Å². The van der Waals surface area contributed by atoms with Crippen molar-refractivity contribution in [1.82, 2.24) is 4.57 Å². The first-order chi connectivity index (χ1) is 9.84. The highest BCUT2D eigenvalue weighted by Crippen LogP contribution is 2.46. The van der Waals surface area contributed by atoms with Crippen LogP contribution >= 0.6 is 0 Å². The molecule has 1 N–H and O–H groups in total. The van der Waals surface area contributed by atoms with E-state index in [1.165, 1.54) is 29.8 Å². The second-order valence-corrected chi connectivity index (χ2v) is 5.43. The summed E-state index contributed by atoms with van der Waals surface area (Å²) < 4.78 is 41.8. The van der Waals surface area contributed by atoms with Gasteiger partial charge in [-0.05, 0) is 36.5 Å². The van der Waals surface area contributed by atoms with Crippen LogP contribution in [0.1, 0.15) is 35.4 Å². The first kappa shape index (κ1) is 14.1. The first-order valence-corrected chi connectivity index (χ1v) is 6.68.